The second kappa shape index (κ2) is 5.87. The molecule has 0 aromatic heterocycles. The van der Waals surface area contributed by atoms with E-state index >= 15 is 0 Å². The van der Waals surface area contributed by atoms with Crippen LogP contribution in [-0.2, 0) is 4.74 Å². The van der Waals surface area contributed by atoms with Gasteiger partial charge in [0.2, 0.25) is 0 Å². The number of rotatable bonds is 4. The van der Waals surface area contributed by atoms with Gasteiger partial charge in [-0.2, -0.15) is 0 Å². The van der Waals surface area contributed by atoms with E-state index in [1.165, 1.54) is 0 Å². The fraction of sp³-hybridized carbons (Fsp3) is 0.500. The molecule has 0 radical (unpaired) electrons. The van der Waals surface area contributed by atoms with Crippen molar-refractivity contribution in [2.75, 3.05) is 26.8 Å². The third kappa shape index (κ3) is 2.82. The van der Waals surface area contributed by atoms with E-state index in [0.717, 1.165) is 18.7 Å². The topological polar surface area (TPSA) is 38.8 Å². The van der Waals surface area contributed by atoms with Gasteiger partial charge in [-0.25, -0.2) is 0 Å². The monoisotopic (exact) mass is 249 g/mol. The summed E-state index contributed by atoms with van der Waals surface area (Å²) in [6, 6.07) is 7.33. The molecular formula is C14H19NO3. The molecule has 1 fully saturated rings. The molecule has 1 saturated heterocycles. The highest BCUT2D eigenvalue weighted by Crippen LogP contribution is 2.18. The molecular weight excluding hydrogens is 230 g/mol. The SMILES string of the molecule is CCOc1cccc(C(=O)N2CCC(OC)C2)c1. The first-order valence-corrected chi connectivity index (χ1v) is 6.29. The number of hydrogen-bond donors (Lipinski definition) is 0. The smallest absolute Gasteiger partial charge is 0.254 e. The van der Waals surface area contributed by atoms with E-state index in [2.05, 4.69) is 0 Å². The minimum Gasteiger partial charge on any atom is -0.494 e. The van der Waals surface area contributed by atoms with Gasteiger partial charge in [0.25, 0.3) is 5.91 Å². The highest BCUT2D eigenvalue weighted by molar-refractivity contribution is 5.94. The molecule has 1 aromatic carbocycles. The number of carbonyl (C=O) groups excluding carboxylic acids is 1. The molecule has 18 heavy (non-hydrogen) atoms. The number of nitrogens with zero attached hydrogens (tertiary/aromatic N) is 1. The average molecular weight is 249 g/mol. The molecule has 1 aliphatic heterocycles. The van der Waals surface area contributed by atoms with E-state index in [1.807, 2.05) is 30.0 Å². The van der Waals surface area contributed by atoms with Gasteiger partial charge in [0.1, 0.15) is 5.75 Å². The fourth-order valence-electron chi connectivity index (χ4n) is 2.17. The van der Waals surface area contributed by atoms with Crippen LogP contribution in [0.1, 0.15) is 23.7 Å². The minimum absolute atomic E-state index is 0.0519. The Kier molecular flexibility index (Phi) is 4.20. The molecule has 2 rings (SSSR count). The standard InChI is InChI=1S/C14H19NO3/c1-3-18-12-6-4-5-11(9-12)14(16)15-8-7-13(10-15)17-2/h4-6,9,13H,3,7-8,10H2,1-2H3. The van der Waals surface area contributed by atoms with Crippen molar-refractivity contribution in [3.8, 4) is 5.75 Å². The van der Waals surface area contributed by atoms with Gasteiger partial charge in [-0.3, -0.25) is 4.79 Å². The third-order valence-corrected chi connectivity index (χ3v) is 3.16. The maximum Gasteiger partial charge on any atom is 0.254 e. The molecule has 98 valence electrons. The minimum atomic E-state index is 0.0519. The summed E-state index contributed by atoms with van der Waals surface area (Å²) in [6.07, 6.45) is 1.08. The van der Waals surface area contributed by atoms with Crippen LogP contribution in [0, 0.1) is 0 Å². The lowest BCUT2D eigenvalue weighted by molar-refractivity contribution is 0.0724. The summed E-state index contributed by atoms with van der Waals surface area (Å²) >= 11 is 0. The number of carbonyl (C=O) groups is 1. The number of ether oxygens (including phenoxy) is 2. The first-order chi connectivity index (χ1) is 8.74. The van der Waals surface area contributed by atoms with Crippen LogP contribution in [0.4, 0.5) is 0 Å². The van der Waals surface area contributed by atoms with Crippen LogP contribution in [0.3, 0.4) is 0 Å². The van der Waals surface area contributed by atoms with Crippen molar-refractivity contribution in [1.29, 1.82) is 0 Å². The van der Waals surface area contributed by atoms with Crippen LogP contribution in [0.5, 0.6) is 5.75 Å². The number of hydrogen-bond acceptors (Lipinski definition) is 3. The zero-order chi connectivity index (χ0) is 13.0. The quantitative estimate of drug-likeness (QED) is 0.818. The van der Waals surface area contributed by atoms with Gasteiger partial charge < -0.3 is 14.4 Å². The summed E-state index contributed by atoms with van der Waals surface area (Å²) in [5, 5.41) is 0. The van der Waals surface area contributed by atoms with Gasteiger partial charge in [0.15, 0.2) is 0 Å². The summed E-state index contributed by atoms with van der Waals surface area (Å²) in [6.45, 7) is 3.97. The van der Waals surface area contributed by atoms with Crippen molar-refractivity contribution in [3.63, 3.8) is 0 Å². The normalized spacial score (nSPS) is 19.0. The molecule has 0 N–H and O–H groups in total. The van der Waals surface area contributed by atoms with Gasteiger partial charge in [0, 0.05) is 25.8 Å². The first-order valence-electron chi connectivity index (χ1n) is 6.29. The first kappa shape index (κ1) is 12.9. The van der Waals surface area contributed by atoms with Crippen LogP contribution in [0.2, 0.25) is 0 Å². The van der Waals surface area contributed by atoms with E-state index in [1.54, 1.807) is 13.2 Å². The predicted octanol–water partition coefficient (Wildman–Crippen LogP) is 1.95. The third-order valence-electron chi connectivity index (χ3n) is 3.16. The summed E-state index contributed by atoms with van der Waals surface area (Å²) in [4.78, 5) is 14.1. The Morgan fingerprint density at radius 3 is 3.00 bits per heavy atom. The van der Waals surface area contributed by atoms with E-state index in [-0.39, 0.29) is 12.0 Å². The summed E-state index contributed by atoms with van der Waals surface area (Å²) < 4.78 is 10.7. The van der Waals surface area contributed by atoms with E-state index in [0.29, 0.717) is 18.7 Å². The van der Waals surface area contributed by atoms with Crippen LogP contribution in [0.25, 0.3) is 0 Å². The Bertz CT molecular complexity index is 419. The second-order valence-electron chi connectivity index (χ2n) is 4.36. The number of likely N-dealkylation sites (tertiary alicyclic amines) is 1. The van der Waals surface area contributed by atoms with Gasteiger partial charge in [-0.05, 0) is 31.5 Å². The Hall–Kier alpha value is -1.55. The Labute approximate surface area is 107 Å². The molecule has 0 spiro atoms. The molecule has 0 bridgehead atoms. The number of methoxy groups -OCH3 is 1. The summed E-state index contributed by atoms with van der Waals surface area (Å²) in [5.41, 5.74) is 0.678. The summed E-state index contributed by atoms with van der Waals surface area (Å²) in [7, 11) is 1.69. The highest BCUT2D eigenvalue weighted by Gasteiger charge is 2.26. The maximum absolute atomic E-state index is 12.3. The van der Waals surface area contributed by atoms with E-state index in [4.69, 9.17) is 9.47 Å². The van der Waals surface area contributed by atoms with Crippen LogP contribution < -0.4 is 4.74 Å². The molecule has 1 heterocycles. The molecule has 4 heteroatoms. The van der Waals surface area contributed by atoms with Gasteiger partial charge >= 0.3 is 0 Å². The lowest BCUT2D eigenvalue weighted by atomic mass is 10.2. The zero-order valence-electron chi connectivity index (χ0n) is 10.9. The molecule has 1 unspecified atom stereocenters. The van der Waals surface area contributed by atoms with Crippen molar-refractivity contribution in [2.24, 2.45) is 0 Å². The lowest BCUT2D eigenvalue weighted by Gasteiger charge is -2.16. The predicted molar refractivity (Wildman–Crippen MR) is 68.9 cm³/mol. The lowest BCUT2D eigenvalue weighted by Crippen LogP contribution is -2.29. The highest BCUT2D eigenvalue weighted by atomic mass is 16.5. The van der Waals surface area contributed by atoms with Crippen molar-refractivity contribution < 1.29 is 14.3 Å². The molecule has 4 nitrogen and oxygen atoms in total. The fourth-order valence-corrected chi connectivity index (χ4v) is 2.17. The van der Waals surface area contributed by atoms with E-state index < -0.39 is 0 Å². The van der Waals surface area contributed by atoms with Crippen LogP contribution in [0.15, 0.2) is 24.3 Å². The molecule has 0 aliphatic carbocycles. The van der Waals surface area contributed by atoms with Crippen molar-refractivity contribution in [1.82, 2.24) is 4.90 Å². The Morgan fingerprint density at radius 1 is 1.50 bits per heavy atom. The molecule has 1 atom stereocenters. The number of benzene rings is 1. The van der Waals surface area contributed by atoms with Gasteiger partial charge in [-0.15, -0.1) is 0 Å². The molecule has 1 amide bonds. The van der Waals surface area contributed by atoms with E-state index in [9.17, 15) is 4.79 Å². The van der Waals surface area contributed by atoms with Crippen molar-refractivity contribution in [3.05, 3.63) is 29.8 Å². The van der Waals surface area contributed by atoms with Crippen molar-refractivity contribution >= 4 is 5.91 Å². The Balaban J connectivity index is 2.07. The number of amides is 1. The van der Waals surface area contributed by atoms with Gasteiger partial charge in [-0.1, -0.05) is 6.07 Å². The van der Waals surface area contributed by atoms with Crippen LogP contribution >= 0.6 is 0 Å². The maximum atomic E-state index is 12.3. The molecule has 1 aromatic rings. The largest absolute Gasteiger partial charge is 0.494 e. The summed E-state index contributed by atoms with van der Waals surface area (Å²) in [5.74, 6) is 0.793. The van der Waals surface area contributed by atoms with Crippen LogP contribution in [-0.4, -0.2) is 43.7 Å². The van der Waals surface area contributed by atoms with Crippen molar-refractivity contribution in [2.45, 2.75) is 19.4 Å². The zero-order valence-corrected chi connectivity index (χ0v) is 10.9. The molecule has 1 aliphatic rings. The van der Waals surface area contributed by atoms with Gasteiger partial charge in [0.05, 0.1) is 12.7 Å². The Morgan fingerprint density at radius 2 is 2.33 bits per heavy atom. The second-order valence-corrected chi connectivity index (χ2v) is 4.36. The molecule has 0 saturated carbocycles. The average Bonchev–Trinajstić information content (AvgIpc) is 2.87.